The molecular weight excluding hydrogens is 542 g/mol. The van der Waals surface area contributed by atoms with Gasteiger partial charge in [0.15, 0.2) is 0 Å². The van der Waals surface area contributed by atoms with Crippen LogP contribution in [0.15, 0.2) is 96.0 Å². The average Bonchev–Trinajstić information content (AvgIpc) is 2.99. The van der Waals surface area contributed by atoms with Crippen molar-refractivity contribution in [1.82, 2.24) is 19.8 Å². The third-order valence-corrected chi connectivity index (χ3v) is 7.23. The molecule has 4 aromatic rings. The molecule has 8 nitrogen and oxygen atoms in total. The van der Waals surface area contributed by atoms with Gasteiger partial charge in [-0.1, -0.05) is 60.7 Å². The van der Waals surface area contributed by atoms with Gasteiger partial charge >= 0.3 is 0 Å². The summed E-state index contributed by atoms with van der Waals surface area (Å²) in [4.78, 5) is 18.8. The maximum atomic E-state index is 5.68. The van der Waals surface area contributed by atoms with Crippen molar-refractivity contribution in [3.05, 3.63) is 114 Å². The summed E-state index contributed by atoms with van der Waals surface area (Å²) in [5.74, 6) is 1.94. The Kier molecular flexibility index (Phi) is 9.74. The standard InChI is InChI=1S/C33H37N7OS/c1-4-41-29-17-15-28(16-18-29)36-33(42)38-32(37-31-34-24(2)23-25(3)35-31)40-21-19-39(20-22-40)30(26-11-7-5-8-12-26)27-13-9-6-10-14-27/h5-18,23,30H,4,19-22H2,1-3H3,(H2,34,35,36,37,38,42). The topological polar surface area (TPSA) is 77.9 Å². The van der Waals surface area contributed by atoms with Crippen molar-refractivity contribution in [3.8, 4) is 5.75 Å². The van der Waals surface area contributed by atoms with E-state index >= 15 is 0 Å². The highest BCUT2D eigenvalue weighted by Gasteiger charge is 2.28. The van der Waals surface area contributed by atoms with Crippen molar-refractivity contribution in [1.29, 1.82) is 0 Å². The highest BCUT2D eigenvalue weighted by molar-refractivity contribution is 7.80. The van der Waals surface area contributed by atoms with Crippen molar-refractivity contribution in [2.75, 3.05) is 43.4 Å². The number of aliphatic imine (C=N–C) groups is 1. The minimum absolute atomic E-state index is 0.174. The van der Waals surface area contributed by atoms with Gasteiger partial charge in [0.05, 0.1) is 12.6 Å². The Morgan fingerprint density at radius 3 is 1.95 bits per heavy atom. The number of benzene rings is 3. The molecule has 0 saturated carbocycles. The molecule has 2 heterocycles. The largest absolute Gasteiger partial charge is 0.494 e. The first-order valence-corrected chi connectivity index (χ1v) is 14.7. The Bertz CT molecular complexity index is 1430. The lowest BCUT2D eigenvalue weighted by Crippen LogP contribution is -2.52. The number of nitrogens with one attached hydrogen (secondary N) is 2. The van der Waals surface area contributed by atoms with Crippen molar-refractivity contribution < 1.29 is 4.74 Å². The Balaban J connectivity index is 1.35. The maximum Gasteiger partial charge on any atom is 0.229 e. The van der Waals surface area contributed by atoms with Gasteiger partial charge in [0, 0.05) is 43.3 Å². The van der Waals surface area contributed by atoms with Gasteiger partial charge < -0.3 is 15.0 Å². The molecule has 5 rings (SSSR count). The van der Waals surface area contributed by atoms with E-state index in [1.165, 1.54) is 11.1 Å². The molecule has 0 unspecified atom stereocenters. The minimum atomic E-state index is 0.174. The van der Waals surface area contributed by atoms with Gasteiger partial charge in [-0.15, -0.1) is 0 Å². The van der Waals surface area contributed by atoms with E-state index in [-0.39, 0.29) is 6.04 Å². The second-order valence-electron chi connectivity index (χ2n) is 10.2. The average molecular weight is 580 g/mol. The number of hydrogen-bond acceptors (Lipinski definition) is 5. The fraction of sp³-hybridized carbons (Fsp3) is 0.273. The summed E-state index contributed by atoms with van der Waals surface area (Å²) in [7, 11) is 0. The third-order valence-electron chi connectivity index (χ3n) is 7.04. The molecule has 0 radical (unpaired) electrons. The minimum Gasteiger partial charge on any atom is -0.494 e. The van der Waals surface area contributed by atoms with Gasteiger partial charge in [-0.25, -0.2) is 9.97 Å². The number of aromatic nitrogens is 2. The first-order chi connectivity index (χ1) is 20.5. The Morgan fingerprint density at radius 1 is 0.833 bits per heavy atom. The summed E-state index contributed by atoms with van der Waals surface area (Å²) < 4.78 is 5.55. The first-order valence-electron chi connectivity index (χ1n) is 14.3. The van der Waals surface area contributed by atoms with Gasteiger partial charge in [0.25, 0.3) is 0 Å². The fourth-order valence-corrected chi connectivity index (χ4v) is 5.39. The second kappa shape index (κ2) is 14.0. The van der Waals surface area contributed by atoms with Crippen molar-refractivity contribution in [3.63, 3.8) is 0 Å². The molecule has 2 N–H and O–H groups in total. The van der Waals surface area contributed by atoms with Crippen LogP contribution in [-0.4, -0.2) is 63.6 Å². The number of guanidine groups is 1. The van der Waals surface area contributed by atoms with E-state index in [9.17, 15) is 0 Å². The van der Waals surface area contributed by atoms with Gasteiger partial charge in [0.2, 0.25) is 17.0 Å². The number of hydrogen-bond donors (Lipinski definition) is 2. The van der Waals surface area contributed by atoms with Gasteiger partial charge in [-0.3, -0.25) is 10.2 Å². The van der Waals surface area contributed by atoms with Crippen LogP contribution in [0, 0.1) is 13.8 Å². The predicted molar refractivity (Wildman–Crippen MR) is 174 cm³/mol. The van der Waals surface area contributed by atoms with Crippen LogP contribution in [0.3, 0.4) is 0 Å². The van der Waals surface area contributed by atoms with E-state index in [1.807, 2.05) is 51.1 Å². The van der Waals surface area contributed by atoms with Crippen LogP contribution in [0.25, 0.3) is 0 Å². The Labute approximate surface area is 253 Å². The van der Waals surface area contributed by atoms with Gasteiger partial charge in [-0.05, 0) is 74.4 Å². The molecule has 9 heteroatoms. The number of anilines is 2. The number of piperazine rings is 1. The summed E-state index contributed by atoms with van der Waals surface area (Å²) in [5.41, 5.74) is 5.19. The van der Waals surface area contributed by atoms with E-state index in [1.54, 1.807) is 0 Å². The van der Waals surface area contributed by atoms with Gasteiger partial charge in [-0.2, -0.15) is 4.99 Å². The molecule has 3 aromatic carbocycles. The van der Waals surface area contributed by atoms with Crippen LogP contribution in [0.1, 0.15) is 35.5 Å². The highest BCUT2D eigenvalue weighted by Crippen LogP contribution is 2.29. The summed E-state index contributed by atoms with van der Waals surface area (Å²) in [5, 5.41) is 6.95. The van der Waals surface area contributed by atoms with Crippen molar-refractivity contribution in [2.24, 2.45) is 4.99 Å². The Hall–Kier alpha value is -4.34. The van der Waals surface area contributed by atoms with Crippen molar-refractivity contribution >= 4 is 34.9 Å². The summed E-state index contributed by atoms with van der Waals surface area (Å²) >= 11 is 5.68. The SMILES string of the molecule is CCOc1ccc(NC(=S)/N=C(/Nc2nc(C)cc(C)n2)N2CCN(C(c3ccccc3)c3ccccc3)CC2)cc1. The van der Waals surface area contributed by atoms with Crippen LogP contribution in [0.2, 0.25) is 0 Å². The molecule has 0 bridgehead atoms. The first kappa shape index (κ1) is 29.2. The van der Waals surface area contributed by atoms with Crippen LogP contribution in [0.5, 0.6) is 5.75 Å². The number of aryl methyl sites for hydroxylation is 2. The second-order valence-corrected chi connectivity index (χ2v) is 10.6. The molecule has 1 fully saturated rings. The lowest BCUT2D eigenvalue weighted by atomic mass is 9.96. The summed E-state index contributed by atoms with van der Waals surface area (Å²) in [6.45, 7) is 9.73. The van der Waals surface area contributed by atoms with E-state index in [2.05, 4.69) is 91.1 Å². The molecule has 0 spiro atoms. The van der Waals surface area contributed by atoms with Crippen LogP contribution in [-0.2, 0) is 0 Å². The monoisotopic (exact) mass is 579 g/mol. The lowest BCUT2D eigenvalue weighted by molar-refractivity contribution is 0.150. The maximum absolute atomic E-state index is 5.68. The molecule has 0 atom stereocenters. The van der Waals surface area contributed by atoms with Crippen LogP contribution >= 0.6 is 12.2 Å². The summed E-state index contributed by atoms with van der Waals surface area (Å²) in [6.07, 6.45) is 0. The smallest absolute Gasteiger partial charge is 0.229 e. The number of nitrogens with zero attached hydrogens (tertiary/aromatic N) is 5. The number of ether oxygens (including phenoxy) is 1. The van der Waals surface area contributed by atoms with Gasteiger partial charge in [0.1, 0.15) is 5.75 Å². The Morgan fingerprint density at radius 2 is 1.40 bits per heavy atom. The van der Waals surface area contributed by atoms with Crippen molar-refractivity contribution in [2.45, 2.75) is 26.8 Å². The zero-order chi connectivity index (χ0) is 29.3. The zero-order valence-electron chi connectivity index (χ0n) is 24.3. The molecule has 1 saturated heterocycles. The number of thiocarbonyl (C=S) groups is 1. The molecule has 1 aliphatic heterocycles. The molecule has 42 heavy (non-hydrogen) atoms. The van der Waals surface area contributed by atoms with E-state index in [4.69, 9.17) is 21.9 Å². The molecular formula is C33H37N7OS. The predicted octanol–water partition coefficient (Wildman–Crippen LogP) is 6.06. The molecule has 1 aromatic heterocycles. The number of rotatable bonds is 7. The molecule has 0 aliphatic carbocycles. The van der Waals surface area contributed by atoms with E-state index in [0.717, 1.165) is 49.0 Å². The quantitative estimate of drug-likeness (QED) is 0.155. The zero-order valence-corrected chi connectivity index (χ0v) is 25.1. The lowest BCUT2D eigenvalue weighted by Gasteiger charge is -2.40. The highest BCUT2D eigenvalue weighted by atomic mass is 32.1. The molecule has 1 aliphatic rings. The van der Waals surface area contributed by atoms with Crippen LogP contribution < -0.4 is 15.4 Å². The van der Waals surface area contributed by atoms with Crippen LogP contribution in [0.4, 0.5) is 11.6 Å². The van der Waals surface area contributed by atoms with E-state index < -0.39 is 0 Å². The third kappa shape index (κ3) is 7.69. The normalized spacial score (nSPS) is 14.1. The molecule has 216 valence electrons. The van der Waals surface area contributed by atoms with E-state index in [0.29, 0.717) is 23.6 Å². The summed E-state index contributed by atoms with van der Waals surface area (Å²) in [6, 6.07) is 31.2. The fourth-order valence-electron chi connectivity index (χ4n) is 5.19. The molecule has 0 amide bonds.